The number of hydrogen-bond acceptors (Lipinski definition) is 2. The quantitative estimate of drug-likeness (QED) is 0.835. The fraction of sp³-hybridized carbons (Fsp3) is 0.462. The third-order valence-corrected chi connectivity index (χ3v) is 2.83. The predicted molar refractivity (Wildman–Crippen MR) is 72.4 cm³/mol. The van der Waals surface area contributed by atoms with E-state index in [0.29, 0.717) is 0 Å². The van der Waals surface area contributed by atoms with Crippen molar-refractivity contribution >= 4 is 23.2 Å². The van der Waals surface area contributed by atoms with Gasteiger partial charge in [-0.15, -0.1) is 0 Å². The Morgan fingerprint density at radius 2 is 2.22 bits per heavy atom. The molecule has 0 aliphatic heterocycles. The van der Waals surface area contributed by atoms with Crippen LogP contribution < -0.4 is 10.6 Å². The maximum atomic E-state index is 13.4. The van der Waals surface area contributed by atoms with Gasteiger partial charge in [-0.2, -0.15) is 0 Å². The molecule has 0 saturated heterocycles. The molecule has 0 saturated carbocycles. The second-order valence-electron chi connectivity index (χ2n) is 4.21. The Morgan fingerprint density at radius 3 is 2.83 bits per heavy atom. The lowest BCUT2D eigenvalue weighted by Crippen LogP contribution is -2.36. The second-order valence-corrected chi connectivity index (χ2v) is 4.61. The molecule has 1 atom stereocenters. The Bertz CT molecular complexity index is 392. The van der Waals surface area contributed by atoms with Crippen molar-refractivity contribution in [1.29, 1.82) is 0 Å². The summed E-state index contributed by atoms with van der Waals surface area (Å²) in [6, 6.07) is 4.52. The Balaban J connectivity index is 2.48. The number of rotatable bonds is 6. The lowest BCUT2D eigenvalue weighted by atomic mass is 10.2. The van der Waals surface area contributed by atoms with Gasteiger partial charge in [0.05, 0.1) is 17.3 Å². The number of hydrogen-bond donors (Lipinski definition) is 2. The largest absolute Gasteiger partial charge is 0.373 e. The monoisotopic (exact) mass is 272 g/mol. The van der Waals surface area contributed by atoms with Crippen LogP contribution in [0.4, 0.5) is 10.1 Å². The molecular formula is C13H18ClFN2O. The average Bonchev–Trinajstić information content (AvgIpc) is 2.28. The van der Waals surface area contributed by atoms with Crippen molar-refractivity contribution < 1.29 is 9.18 Å². The van der Waals surface area contributed by atoms with Crippen LogP contribution in [0.1, 0.15) is 26.7 Å². The number of halogens is 2. The van der Waals surface area contributed by atoms with Gasteiger partial charge in [-0.25, -0.2) is 4.39 Å². The van der Waals surface area contributed by atoms with Crippen LogP contribution in [0, 0.1) is 5.82 Å². The highest BCUT2D eigenvalue weighted by Crippen LogP contribution is 2.24. The normalized spacial score (nSPS) is 12.0. The Hall–Kier alpha value is -1.29. The van der Waals surface area contributed by atoms with Crippen LogP contribution >= 0.6 is 11.6 Å². The highest BCUT2D eigenvalue weighted by Gasteiger charge is 2.10. The molecule has 5 heteroatoms. The van der Waals surface area contributed by atoms with Crippen LogP contribution in [0.3, 0.4) is 0 Å². The minimum absolute atomic E-state index is 0.00864. The van der Waals surface area contributed by atoms with E-state index in [2.05, 4.69) is 17.6 Å². The highest BCUT2D eigenvalue weighted by atomic mass is 35.5. The van der Waals surface area contributed by atoms with E-state index in [0.717, 1.165) is 12.8 Å². The van der Waals surface area contributed by atoms with Crippen molar-refractivity contribution in [1.82, 2.24) is 5.32 Å². The highest BCUT2D eigenvalue weighted by molar-refractivity contribution is 6.33. The predicted octanol–water partition coefficient (Wildman–Crippen LogP) is 3.20. The van der Waals surface area contributed by atoms with E-state index in [1.54, 1.807) is 6.07 Å². The Morgan fingerprint density at radius 1 is 1.50 bits per heavy atom. The summed E-state index contributed by atoms with van der Waals surface area (Å²) < 4.78 is 13.4. The van der Waals surface area contributed by atoms with Crippen LogP contribution in [0.5, 0.6) is 0 Å². The number of benzene rings is 1. The van der Waals surface area contributed by atoms with Crippen molar-refractivity contribution in [3.05, 3.63) is 29.0 Å². The van der Waals surface area contributed by atoms with Gasteiger partial charge in [0.2, 0.25) is 5.91 Å². The second kappa shape index (κ2) is 7.21. The zero-order valence-corrected chi connectivity index (χ0v) is 11.4. The maximum absolute atomic E-state index is 13.4. The standard InChI is InChI=1S/C13H18ClFN2O/c1-3-5-9(2)17-12(18)8-16-13-10(14)6-4-7-11(13)15/h4,6-7,9,16H,3,5,8H2,1-2H3,(H,17,18). The fourth-order valence-corrected chi connectivity index (χ4v) is 1.90. The lowest BCUT2D eigenvalue weighted by molar-refractivity contribution is -0.120. The molecule has 0 fully saturated rings. The summed E-state index contributed by atoms with van der Waals surface area (Å²) in [5.74, 6) is -0.632. The van der Waals surface area contributed by atoms with Gasteiger partial charge >= 0.3 is 0 Å². The summed E-state index contributed by atoms with van der Waals surface area (Å²) in [5.41, 5.74) is 0.164. The summed E-state index contributed by atoms with van der Waals surface area (Å²) in [5, 5.41) is 5.80. The van der Waals surface area contributed by atoms with E-state index in [-0.39, 0.29) is 29.2 Å². The van der Waals surface area contributed by atoms with Crippen LogP contribution in [0.25, 0.3) is 0 Å². The molecule has 1 unspecified atom stereocenters. The van der Waals surface area contributed by atoms with Crippen molar-refractivity contribution in [2.45, 2.75) is 32.7 Å². The van der Waals surface area contributed by atoms with E-state index in [9.17, 15) is 9.18 Å². The third-order valence-electron chi connectivity index (χ3n) is 2.52. The maximum Gasteiger partial charge on any atom is 0.239 e. The third kappa shape index (κ3) is 4.53. The van der Waals surface area contributed by atoms with E-state index < -0.39 is 5.82 Å². The van der Waals surface area contributed by atoms with Crippen LogP contribution in [0.2, 0.25) is 5.02 Å². The summed E-state index contributed by atoms with van der Waals surface area (Å²) in [6.07, 6.45) is 1.93. The molecular weight excluding hydrogens is 255 g/mol. The first kappa shape index (κ1) is 14.8. The number of anilines is 1. The molecule has 0 spiro atoms. The van der Waals surface area contributed by atoms with E-state index in [1.807, 2.05) is 6.92 Å². The first-order chi connectivity index (χ1) is 8.54. The van der Waals surface area contributed by atoms with Crippen molar-refractivity contribution in [2.24, 2.45) is 0 Å². The molecule has 2 N–H and O–H groups in total. The van der Waals surface area contributed by atoms with Gasteiger partial charge in [0.25, 0.3) is 0 Å². The first-order valence-corrected chi connectivity index (χ1v) is 6.39. The molecule has 0 aliphatic carbocycles. The number of amides is 1. The average molecular weight is 273 g/mol. The van der Waals surface area contributed by atoms with Crippen molar-refractivity contribution in [3.8, 4) is 0 Å². The molecule has 1 rings (SSSR count). The van der Waals surface area contributed by atoms with Gasteiger partial charge in [-0.3, -0.25) is 4.79 Å². The molecule has 0 aliphatic rings. The molecule has 0 heterocycles. The zero-order valence-electron chi connectivity index (χ0n) is 10.6. The van der Waals surface area contributed by atoms with Gasteiger partial charge < -0.3 is 10.6 Å². The van der Waals surface area contributed by atoms with Gasteiger partial charge in [0.15, 0.2) is 0 Å². The minimum Gasteiger partial charge on any atom is -0.373 e. The number of carbonyl (C=O) groups is 1. The summed E-state index contributed by atoms with van der Waals surface area (Å²) in [7, 11) is 0. The zero-order chi connectivity index (χ0) is 13.5. The molecule has 18 heavy (non-hydrogen) atoms. The summed E-state index contributed by atoms with van der Waals surface area (Å²) in [6.45, 7) is 4.01. The van der Waals surface area contributed by atoms with E-state index >= 15 is 0 Å². The Labute approximate surface area is 112 Å². The summed E-state index contributed by atoms with van der Waals surface area (Å²) >= 11 is 5.83. The van der Waals surface area contributed by atoms with E-state index in [1.165, 1.54) is 12.1 Å². The van der Waals surface area contributed by atoms with Gasteiger partial charge in [0, 0.05) is 6.04 Å². The molecule has 0 aromatic heterocycles. The number of para-hydroxylation sites is 1. The minimum atomic E-state index is -0.461. The molecule has 0 radical (unpaired) electrons. The Kier molecular flexibility index (Phi) is 5.92. The van der Waals surface area contributed by atoms with Crippen LogP contribution in [0.15, 0.2) is 18.2 Å². The van der Waals surface area contributed by atoms with Gasteiger partial charge in [0.1, 0.15) is 5.82 Å². The molecule has 100 valence electrons. The van der Waals surface area contributed by atoms with Crippen molar-refractivity contribution in [2.75, 3.05) is 11.9 Å². The van der Waals surface area contributed by atoms with Crippen molar-refractivity contribution in [3.63, 3.8) is 0 Å². The fourth-order valence-electron chi connectivity index (χ4n) is 1.67. The molecule has 1 aromatic carbocycles. The molecule has 1 amide bonds. The molecule has 3 nitrogen and oxygen atoms in total. The molecule has 1 aromatic rings. The van der Waals surface area contributed by atoms with Gasteiger partial charge in [-0.05, 0) is 25.5 Å². The van der Waals surface area contributed by atoms with Gasteiger partial charge in [-0.1, -0.05) is 31.0 Å². The number of nitrogens with one attached hydrogen (secondary N) is 2. The topological polar surface area (TPSA) is 41.1 Å². The SMILES string of the molecule is CCCC(C)NC(=O)CNc1c(F)cccc1Cl. The smallest absolute Gasteiger partial charge is 0.239 e. The number of carbonyl (C=O) groups excluding carboxylic acids is 1. The molecule has 0 bridgehead atoms. The summed E-state index contributed by atoms with van der Waals surface area (Å²) in [4.78, 5) is 11.6. The van der Waals surface area contributed by atoms with Crippen LogP contribution in [-0.4, -0.2) is 18.5 Å². The first-order valence-electron chi connectivity index (χ1n) is 6.01. The van der Waals surface area contributed by atoms with E-state index in [4.69, 9.17) is 11.6 Å². The lowest BCUT2D eigenvalue weighted by Gasteiger charge is -2.14. The van der Waals surface area contributed by atoms with Crippen LogP contribution in [-0.2, 0) is 4.79 Å².